The molecule has 7 heterocycles. The summed E-state index contributed by atoms with van der Waals surface area (Å²) >= 11 is 0. The number of carbonyl (C=O) groups excluding carboxylic acids is 6. The molecule has 7 aromatic rings. The molecule has 0 aromatic heterocycles. The van der Waals surface area contributed by atoms with E-state index in [4.69, 9.17) is 109 Å². The van der Waals surface area contributed by atoms with Crippen LogP contribution in [0, 0.1) is 5.92 Å². The van der Waals surface area contributed by atoms with Gasteiger partial charge < -0.3 is 109 Å². The zero-order valence-electron chi connectivity index (χ0n) is 64.4. The SMILES string of the molecule is COC[C@H]1O[C@H](O[C@H]2C3CO[C@@H](O3)C(N=[N+]=[N-])[C@@H]2OC)C(OC)C(OC)[C@@H]1O[C@H]1O[C@H](COC(=O)c2ccccc2)[C@@H](O[C@@H]2OC(COC(=O)c3ccccc3)[C@H](O[C@@H]3OC4COC(c5ccccc5)O[C@@H]4[C@H](OC(=O)c4ccccc4)C3OC(=O)c3ccccc3)[C@H](OC(=O)c3ccccc3)C2OC(=O)c2ccccc2)C(OC)C1C. The number of benzene rings is 7. The highest BCUT2D eigenvalue weighted by molar-refractivity contribution is 5.92. The second kappa shape index (κ2) is 39.5. The van der Waals surface area contributed by atoms with Crippen LogP contribution >= 0.6 is 0 Å². The highest BCUT2D eigenvalue weighted by Gasteiger charge is 2.62. The van der Waals surface area contributed by atoms with Crippen LogP contribution in [0.1, 0.15) is 80.9 Å². The number of esters is 6. The number of rotatable bonds is 30. The summed E-state index contributed by atoms with van der Waals surface area (Å²) in [5.74, 6) is -6.48. The van der Waals surface area contributed by atoms with E-state index in [1.165, 1.54) is 96.2 Å². The van der Waals surface area contributed by atoms with Crippen LogP contribution in [0.15, 0.2) is 217 Å². The summed E-state index contributed by atoms with van der Waals surface area (Å²) in [6, 6.07) is 55.6. The average Bonchev–Trinajstić information content (AvgIpc) is 1.51. The first kappa shape index (κ1) is 83.5. The van der Waals surface area contributed by atoms with Crippen LogP contribution in [0.25, 0.3) is 10.4 Å². The van der Waals surface area contributed by atoms with Crippen molar-refractivity contribution in [1.82, 2.24) is 0 Å². The fourth-order valence-corrected chi connectivity index (χ4v) is 15.3. The first-order valence-corrected chi connectivity index (χ1v) is 38.1. The maximum Gasteiger partial charge on any atom is 0.338 e. The number of hydrogen-bond acceptors (Lipinski definition) is 30. The van der Waals surface area contributed by atoms with Crippen molar-refractivity contribution in [2.24, 2.45) is 11.0 Å². The highest BCUT2D eigenvalue weighted by atomic mass is 16.8. The van der Waals surface area contributed by atoms with E-state index in [2.05, 4.69) is 10.0 Å². The molecule has 0 N–H and O–H groups in total. The van der Waals surface area contributed by atoms with Gasteiger partial charge in [-0.3, -0.25) is 0 Å². The number of nitrogens with zero attached hydrogens (tertiary/aromatic N) is 3. The van der Waals surface area contributed by atoms with E-state index in [0.717, 1.165) is 0 Å². The van der Waals surface area contributed by atoms with Gasteiger partial charge in [0.05, 0.1) is 65.4 Å². The van der Waals surface area contributed by atoms with Crippen LogP contribution in [0.3, 0.4) is 0 Å². The van der Waals surface area contributed by atoms with Crippen molar-refractivity contribution in [3.05, 3.63) is 262 Å². The van der Waals surface area contributed by atoms with Crippen molar-refractivity contribution in [1.29, 1.82) is 0 Å². The maximum absolute atomic E-state index is 15.4. The van der Waals surface area contributed by atoms with Crippen LogP contribution in [0.5, 0.6) is 0 Å². The summed E-state index contributed by atoms with van der Waals surface area (Å²) < 4.78 is 151. The number of methoxy groups -OCH3 is 5. The summed E-state index contributed by atoms with van der Waals surface area (Å²) in [6.07, 6.45) is -33.3. The first-order valence-electron chi connectivity index (χ1n) is 38.1. The Balaban J connectivity index is 0.863. The van der Waals surface area contributed by atoms with Crippen molar-refractivity contribution >= 4 is 35.8 Å². The maximum atomic E-state index is 15.4. The summed E-state index contributed by atoms with van der Waals surface area (Å²) in [4.78, 5) is 92.2. The Morgan fingerprint density at radius 2 is 0.726 bits per heavy atom. The first-order chi connectivity index (χ1) is 57.1. The van der Waals surface area contributed by atoms with Crippen LogP contribution in [0.4, 0.5) is 0 Å². The normalized spacial score (nSPS) is 32.5. The van der Waals surface area contributed by atoms with Gasteiger partial charge in [-0.05, 0) is 78.3 Å². The number of hydrogen-bond donors (Lipinski definition) is 0. The monoisotopic (exact) mass is 1620 g/mol. The van der Waals surface area contributed by atoms with Crippen molar-refractivity contribution in [3.63, 3.8) is 0 Å². The minimum absolute atomic E-state index is 0.0105. The third-order valence-electron chi connectivity index (χ3n) is 21.1. The molecule has 11 unspecified atom stereocenters. The van der Waals surface area contributed by atoms with Gasteiger partial charge in [-0.1, -0.05) is 152 Å². The molecule has 32 nitrogen and oxygen atoms in total. The number of fused-ring (bicyclic) bond motifs is 3. The fourth-order valence-electron chi connectivity index (χ4n) is 15.3. The molecule has 0 aliphatic carbocycles. The van der Waals surface area contributed by atoms with Crippen LogP contribution in [-0.4, -0.2) is 252 Å². The molecule has 0 amide bonds. The van der Waals surface area contributed by atoms with Gasteiger partial charge >= 0.3 is 35.8 Å². The molecule has 0 radical (unpaired) electrons. The lowest BCUT2D eigenvalue weighted by Crippen LogP contribution is -2.69. The van der Waals surface area contributed by atoms with Gasteiger partial charge in [0.2, 0.25) is 0 Å². The summed E-state index contributed by atoms with van der Waals surface area (Å²) in [6.45, 7) is -0.0193. The van der Waals surface area contributed by atoms with Crippen molar-refractivity contribution < 1.29 is 138 Å². The smallest absolute Gasteiger partial charge is 0.338 e. The van der Waals surface area contributed by atoms with E-state index in [9.17, 15) is 24.7 Å². The Hall–Kier alpha value is -10.0. The Morgan fingerprint density at radius 1 is 0.359 bits per heavy atom. The molecule has 14 rings (SSSR count). The average molecular weight is 1620 g/mol. The second-order valence-electron chi connectivity index (χ2n) is 28.3. The van der Waals surface area contributed by atoms with Gasteiger partial charge in [0.1, 0.15) is 92.5 Å². The Kier molecular flexibility index (Phi) is 28.2. The third-order valence-corrected chi connectivity index (χ3v) is 21.1. The number of ether oxygens (including phenoxy) is 23. The number of carbonyl (C=O) groups is 6. The van der Waals surface area contributed by atoms with Crippen LogP contribution in [-0.2, 0) is 109 Å². The van der Waals surface area contributed by atoms with Gasteiger partial charge in [0.15, 0.2) is 62.2 Å². The van der Waals surface area contributed by atoms with E-state index >= 15 is 9.59 Å². The molecule has 7 aromatic carbocycles. The van der Waals surface area contributed by atoms with Gasteiger partial charge in [0.25, 0.3) is 0 Å². The van der Waals surface area contributed by atoms with Gasteiger partial charge in [-0.15, -0.1) is 0 Å². The van der Waals surface area contributed by atoms with E-state index in [1.807, 2.05) is 6.07 Å². The van der Waals surface area contributed by atoms with Gasteiger partial charge in [-0.2, -0.15) is 0 Å². The molecular weight excluding hydrogens is 1530 g/mol. The predicted octanol–water partition coefficient (Wildman–Crippen LogP) is 8.93. The minimum Gasteiger partial charge on any atom is -0.459 e. The largest absolute Gasteiger partial charge is 0.459 e. The zero-order chi connectivity index (χ0) is 81.5. The molecule has 2 bridgehead atoms. The lowest BCUT2D eigenvalue weighted by Gasteiger charge is -2.52. The molecule has 7 saturated heterocycles. The van der Waals surface area contributed by atoms with E-state index in [0.29, 0.717) is 5.56 Å². The topological polar surface area (TPSA) is 363 Å². The van der Waals surface area contributed by atoms with E-state index in [1.54, 1.807) is 153 Å². The van der Waals surface area contributed by atoms with E-state index < -0.39 is 209 Å². The highest BCUT2D eigenvalue weighted by Crippen LogP contribution is 2.44. The van der Waals surface area contributed by atoms with Gasteiger partial charge in [-0.25, -0.2) is 28.8 Å². The van der Waals surface area contributed by atoms with Crippen LogP contribution < -0.4 is 0 Å². The van der Waals surface area contributed by atoms with Crippen molar-refractivity contribution in [2.75, 3.05) is 68.6 Å². The van der Waals surface area contributed by atoms with E-state index in [-0.39, 0.29) is 53.2 Å². The Bertz CT molecular complexity index is 4460. The van der Waals surface area contributed by atoms with Gasteiger partial charge in [0, 0.05) is 51.9 Å². The molecule has 117 heavy (non-hydrogen) atoms. The Labute approximate surface area is 672 Å². The molecular formula is C85H89N3O29. The fraction of sp³-hybridized carbons (Fsp3) is 0.435. The molecule has 618 valence electrons. The lowest BCUT2D eigenvalue weighted by molar-refractivity contribution is -0.394. The lowest BCUT2D eigenvalue weighted by atomic mass is 9.90. The third kappa shape index (κ3) is 19.3. The molecule has 7 aliphatic heterocycles. The van der Waals surface area contributed by atoms with Crippen molar-refractivity contribution in [3.8, 4) is 0 Å². The van der Waals surface area contributed by atoms with Crippen molar-refractivity contribution in [2.45, 2.75) is 161 Å². The number of azide groups is 1. The summed E-state index contributed by atoms with van der Waals surface area (Å²) in [5, 5.41) is 3.93. The van der Waals surface area contributed by atoms with Crippen LogP contribution in [0.2, 0.25) is 0 Å². The molecule has 7 aliphatic rings. The molecule has 0 saturated carbocycles. The zero-order valence-corrected chi connectivity index (χ0v) is 64.4. The molecule has 32 heteroatoms. The summed E-state index contributed by atoms with van der Waals surface area (Å²) in [5.41, 5.74) is 10.5. The minimum atomic E-state index is -2.02. The predicted molar refractivity (Wildman–Crippen MR) is 402 cm³/mol. The molecule has 0 spiro atoms. The quantitative estimate of drug-likeness (QED) is 0.0133. The standard InChI is InChI=1S/C85H89N3O29/c1-47-61(96-3)62(56(43-100-74(89)48-28-14-7-15-29-48)104-80(47)113-64-55(42-95-2)106-83(71(99-6)68(64)98-5)116-63-58-46-103-82(105-58)60(87-88-86)67(63)97-4)115-84-73(112-79(94)53-38-24-12-25-39-53)70(110-77(92)51-34-20-10-21-35-51)66(57(107-84)44-101-75(90)49-30-16-8-17-31-49)117-85-72(111-78(93)52-36-22-11-23-37-52)69(109-76(91)50-32-18-9-19-33-50)65-59(108-85)45-102-81(114-65)54-40-26-13-27-41-54/h7-41,47,55-73,80-85H,42-46H2,1-6H3/t47?,55-,56-,57?,58?,59?,60?,61?,62-,63+,64-,65+,66+,67+,68?,69+,70+,71?,72?,73?,80-,81?,82+,83-,84+,85+/m1/s1. The second-order valence-corrected chi connectivity index (χ2v) is 28.3. The molecule has 7 fully saturated rings. The molecule has 26 atom stereocenters. The Morgan fingerprint density at radius 3 is 1.19 bits per heavy atom. The summed E-state index contributed by atoms with van der Waals surface area (Å²) in [7, 11) is 7.14.